The molecule has 2 aromatic heterocycles. The summed E-state index contributed by atoms with van der Waals surface area (Å²) in [5.74, 6) is 0.543. The summed E-state index contributed by atoms with van der Waals surface area (Å²) in [5, 5.41) is 15.5. The highest BCUT2D eigenvalue weighted by molar-refractivity contribution is 7.89. The number of benzene rings is 2. The van der Waals surface area contributed by atoms with Gasteiger partial charge in [0.1, 0.15) is 0 Å². The van der Waals surface area contributed by atoms with Gasteiger partial charge in [0.2, 0.25) is 10.0 Å². The van der Waals surface area contributed by atoms with E-state index in [1.165, 1.54) is 4.90 Å². The Hall–Kier alpha value is -2.88. The summed E-state index contributed by atoms with van der Waals surface area (Å²) < 4.78 is 29.8. The van der Waals surface area contributed by atoms with Crippen LogP contribution in [0.15, 0.2) is 47.4 Å². The van der Waals surface area contributed by atoms with Crippen LogP contribution in [0.4, 0.5) is 0 Å². The minimum absolute atomic E-state index is 0.280. The molecule has 0 amide bonds. The van der Waals surface area contributed by atoms with Crippen molar-refractivity contribution in [2.75, 3.05) is 33.2 Å². The van der Waals surface area contributed by atoms with Crippen LogP contribution in [-0.4, -0.2) is 65.8 Å². The first kappa shape index (κ1) is 20.0. The fourth-order valence-electron chi connectivity index (χ4n) is 4.17. The largest absolute Gasteiger partial charge is 0.335 e. The average molecular weight is 438 g/mol. The van der Waals surface area contributed by atoms with E-state index in [9.17, 15) is 8.42 Å². The zero-order chi connectivity index (χ0) is 21.8. The molecule has 1 N–H and O–H groups in total. The van der Waals surface area contributed by atoms with Gasteiger partial charge in [0.05, 0.1) is 43.8 Å². The van der Waals surface area contributed by atoms with Crippen LogP contribution in [0.25, 0.3) is 27.8 Å². The number of piperazine rings is 1. The molecule has 1 saturated heterocycles. The van der Waals surface area contributed by atoms with E-state index in [4.69, 9.17) is 5.10 Å². The fraction of sp³-hybridized carbons (Fsp3) is 0.318. The van der Waals surface area contributed by atoms with E-state index in [1.54, 1.807) is 21.0 Å². The Morgan fingerprint density at radius 2 is 1.68 bits per heavy atom. The number of sulfonamides is 1. The van der Waals surface area contributed by atoms with Crippen LogP contribution >= 0.6 is 0 Å². The van der Waals surface area contributed by atoms with Gasteiger partial charge in [-0.25, -0.2) is 8.42 Å². The van der Waals surface area contributed by atoms with Crippen LogP contribution in [0.1, 0.15) is 11.3 Å². The lowest BCUT2D eigenvalue weighted by Crippen LogP contribution is -3.12. The van der Waals surface area contributed by atoms with E-state index in [0.29, 0.717) is 24.6 Å². The zero-order valence-corrected chi connectivity index (χ0v) is 18.6. The van der Waals surface area contributed by atoms with Gasteiger partial charge >= 0.3 is 0 Å². The molecular formula is C22H25N6O2S+. The molecule has 0 atom stereocenters. The number of fused-ring (bicyclic) bond motifs is 3. The van der Waals surface area contributed by atoms with Crippen molar-refractivity contribution in [2.24, 2.45) is 0 Å². The van der Waals surface area contributed by atoms with Gasteiger partial charge in [0.15, 0.2) is 11.5 Å². The van der Waals surface area contributed by atoms with Gasteiger partial charge in [0, 0.05) is 16.3 Å². The molecule has 4 aromatic rings. The molecule has 1 fully saturated rings. The second-order valence-corrected chi connectivity index (χ2v) is 10.2. The molecule has 9 heteroatoms. The number of rotatable bonds is 3. The Kier molecular flexibility index (Phi) is 4.76. The highest BCUT2D eigenvalue weighted by Gasteiger charge is 2.30. The maximum Gasteiger partial charge on any atom is 0.243 e. The molecular weight excluding hydrogens is 412 g/mol. The Morgan fingerprint density at radius 1 is 0.968 bits per heavy atom. The molecule has 3 heterocycles. The van der Waals surface area contributed by atoms with Crippen molar-refractivity contribution in [1.82, 2.24) is 24.1 Å². The molecule has 1 aliphatic rings. The van der Waals surface area contributed by atoms with Crippen molar-refractivity contribution in [3.05, 3.63) is 53.7 Å². The van der Waals surface area contributed by atoms with Crippen LogP contribution < -0.4 is 4.90 Å². The monoisotopic (exact) mass is 437 g/mol. The van der Waals surface area contributed by atoms with Crippen molar-refractivity contribution in [1.29, 1.82) is 0 Å². The molecule has 31 heavy (non-hydrogen) atoms. The molecule has 0 unspecified atom stereocenters. The standard InChI is InChI=1S/C22H24N6O2S/c1-15-8-9-17(31(29,30)27-12-10-26(3)11-13-27)14-20(15)22-24-23-21-19-7-5-4-6-18(19)16(2)25-28(21)22/h4-9,14H,10-13H2,1-3H3/p+1. The average Bonchev–Trinajstić information content (AvgIpc) is 3.18. The summed E-state index contributed by atoms with van der Waals surface area (Å²) in [5.41, 5.74) is 3.16. The zero-order valence-electron chi connectivity index (χ0n) is 17.8. The van der Waals surface area contributed by atoms with E-state index >= 15 is 0 Å². The summed E-state index contributed by atoms with van der Waals surface area (Å²) in [7, 11) is -1.48. The molecule has 2 aromatic carbocycles. The van der Waals surface area contributed by atoms with Gasteiger partial charge in [-0.3, -0.25) is 0 Å². The molecule has 0 aliphatic carbocycles. The van der Waals surface area contributed by atoms with Crippen molar-refractivity contribution in [3.8, 4) is 11.4 Å². The van der Waals surface area contributed by atoms with Crippen LogP contribution in [0.5, 0.6) is 0 Å². The van der Waals surface area contributed by atoms with Crippen molar-refractivity contribution in [3.63, 3.8) is 0 Å². The normalized spacial score (nSPS) is 16.4. The third-order valence-electron chi connectivity index (χ3n) is 6.11. The van der Waals surface area contributed by atoms with E-state index in [2.05, 4.69) is 17.2 Å². The summed E-state index contributed by atoms with van der Waals surface area (Å²) in [6, 6.07) is 13.2. The van der Waals surface area contributed by atoms with Crippen molar-refractivity contribution < 1.29 is 13.3 Å². The minimum Gasteiger partial charge on any atom is -0.335 e. The Balaban J connectivity index is 1.64. The molecule has 160 valence electrons. The highest BCUT2D eigenvalue weighted by Crippen LogP contribution is 2.29. The number of nitrogens with zero attached hydrogens (tertiary/aromatic N) is 5. The quantitative estimate of drug-likeness (QED) is 0.519. The van der Waals surface area contributed by atoms with E-state index in [1.807, 2.05) is 44.2 Å². The number of quaternary nitrogens is 1. The number of aryl methyl sites for hydroxylation is 2. The molecule has 0 spiro atoms. The lowest BCUT2D eigenvalue weighted by molar-refractivity contribution is -0.883. The summed E-state index contributed by atoms with van der Waals surface area (Å²) in [6.07, 6.45) is 0. The van der Waals surface area contributed by atoms with E-state index < -0.39 is 10.0 Å². The molecule has 8 nitrogen and oxygen atoms in total. The topological polar surface area (TPSA) is 84.9 Å². The van der Waals surface area contributed by atoms with E-state index in [0.717, 1.165) is 40.7 Å². The minimum atomic E-state index is -3.57. The summed E-state index contributed by atoms with van der Waals surface area (Å²) in [6.45, 7) is 6.57. The third-order valence-corrected chi connectivity index (χ3v) is 8.01. The van der Waals surface area contributed by atoms with Gasteiger partial charge in [0.25, 0.3) is 0 Å². The second kappa shape index (κ2) is 7.37. The SMILES string of the molecule is Cc1ccc(S(=O)(=O)N2CC[NH+](C)CC2)cc1-c1nnc2c3ccccc3c(C)nn12. The molecule has 1 aliphatic heterocycles. The number of hydrogen-bond donors (Lipinski definition) is 1. The van der Waals surface area contributed by atoms with Gasteiger partial charge in [-0.2, -0.15) is 13.9 Å². The molecule has 0 saturated carbocycles. The first-order chi connectivity index (χ1) is 14.9. The lowest BCUT2D eigenvalue weighted by Gasteiger charge is -2.29. The summed E-state index contributed by atoms with van der Waals surface area (Å²) in [4.78, 5) is 1.63. The molecule has 0 bridgehead atoms. The lowest BCUT2D eigenvalue weighted by atomic mass is 10.1. The Labute approximate surface area is 181 Å². The smallest absolute Gasteiger partial charge is 0.243 e. The van der Waals surface area contributed by atoms with Crippen LogP contribution in [-0.2, 0) is 10.0 Å². The maximum atomic E-state index is 13.3. The van der Waals surface area contributed by atoms with Gasteiger partial charge in [-0.1, -0.05) is 30.3 Å². The van der Waals surface area contributed by atoms with Gasteiger partial charge in [-0.15, -0.1) is 10.2 Å². The first-order valence-corrected chi connectivity index (χ1v) is 11.8. The highest BCUT2D eigenvalue weighted by atomic mass is 32.2. The Bertz CT molecular complexity index is 1400. The predicted octanol–water partition coefficient (Wildman–Crippen LogP) is 1.08. The molecule has 0 radical (unpaired) electrons. The van der Waals surface area contributed by atoms with Gasteiger partial charge in [-0.05, 0) is 31.5 Å². The molecule has 5 rings (SSSR count). The van der Waals surface area contributed by atoms with E-state index in [-0.39, 0.29) is 4.90 Å². The van der Waals surface area contributed by atoms with Crippen molar-refractivity contribution >= 4 is 26.4 Å². The third kappa shape index (κ3) is 3.29. The predicted molar refractivity (Wildman–Crippen MR) is 119 cm³/mol. The van der Waals surface area contributed by atoms with Crippen LogP contribution in [0, 0.1) is 13.8 Å². The fourth-order valence-corrected chi connectivity index (χ4v) is 5.64. The first-order valence-electron chi connectivity index (χ1n) is 10.4. The number of nitrogens with one attached hydrogen (secondary N) is 1. The van der Waals surface area contributed by atoms with Crippen LogP contribution in [0.3, 0.4) is 0 Å². The number of aromatic nitrogens is 4. The second-order valence-electron chi connectivity index (χ2n) is 8.23. The summed E-state index contributed by atoms with van der Waals surface area (Å²) >= 11 is 0. The van der Waals surface area contributed by atoms with Crippen molar-refractivity contribution in [2.45, 2.75) is 18.7 Å². The number of hydrogen-bond acceptors (Lipinski definition) is 5. The Morgan fingerprint density at radius 3 is 2.42 bits per heavy atom. The van der Waals surface area contributed by atoms with Crippen LogP contribution in [0.2, 0.25) is 0 Å². The van der Waals surface area contributed by atoms with Gasteiger partial charge < -0.3 is 4.90 Å². The number of likely N-dealkylation sites (N-methyl/N-ethyl adjacent to an activating group) is 1. The maximum absolute atomic E-state index is 13.3.